The fourth-order valence-electron chi connectivity index (χ4n) is 2.40. The molecule has 23 heavy (non-hydrogen) atoms. The Morgan fingerprint density at radius 3 is 2.70 bits per heavy atom. The maximum Gasteiger partial charge on any atom is 0.318 e. The van der Waals surface area contributed by atoms with Gasteiger partial charge >= 0.3 is 12.0 Å². The summed E-state index contributed by atoms with van der Waals surface area (Å²) in [6.07, 6.45) is 0.348. The molecule has 124 valence electrons. The van der Waals surface area contributed by atoms with E-state index in [2.05, 4.69) is 26.6 Å². The number of carboxylic acids is 1. The summed E-state index contributed by atoms with van der Waals surface area (Å²) in [4.78, 5) is 36.5. The molecule has 3 amide bonds. The van der Waals surface area contributed by atoms with Gasteiger partial charge in [-0.2, -0.15) is 0 Å². The lowest BCUT2D eigenvalue weighted by Crippen LogP contribution is -2.54. The molecule has 3 N–H and O–H groups in total. The standard InChI is InChI=1S/C15H18BrN3O4/c16-11-5-3-10(4-6-11)13-14(22)17-8-9-19(13)15(23)18-7-1-2-12(20)21/h3-6,13H,1-2,7-9H2,(H,17,22)(H,18,23)(H,20,21). The first-order valence-electron chi connectivity index (χ1n) is 7.28. The van der Waals surface area contributed by atoms with Gasteiger partial charge in [0.25, 0.3) is 0 Å². The molecule has 0 spiro atoms. The van der Waals surface area contributed by atoms with Crippen LogP contribution in [-0.4, -0.2) is 47.5 Å². The maximum absolute atomic E-state index is 12.3. The highest BCUT2D eigenvalue weighted by molar-refractivity contribution is 9.10. The SMILES string of the molecule is O=C(O)CCCNC(=O)N1CCNC(=O)C1c1ccc(Br)cc1. The molecule has 1 aliphatic heterocycles. The number of hydrogen-bond acceptors (Lipinski definition) is 3. The van der Waals surface area contributed by atoms with Gasteiger partial charge in [-0.1, -0.05) is 28.1 Å². The molecule has 7 nitrogen and oxygen atoms in total. The molecule has 1 aromatic carbocycles. The van der Waals surface area contributed by atoms with Crippen LogP contribution >= 0.6 is 15.9 Å². The average molecular weight is 384 g/mol. The minimum atomic E-state index is -0.899. The van der Waals surface area contributed by atoms with Gasteiger partial charge in [-0.15, -0.1) is 0 Å². The van der Waals surface area contributed by atoms with Crippen LogP contribution in [0.4, 0.5) is 4.79 Å². The molecule has 0 aliphatic carbocycles. The number of piperazine rings is 1. The Morgan fingerprint density at radius 2 is 2.04 bits per heavy atom. The van der Waals surface area contributed by atoms with E-state index < -0.39 is 12.0 Å². The molecule has 2 rings (SSSR count). The van der Waals surface area contributed by atoms with E-state index in [0.717, 1.165) is 10.0 Å². The molecule has 1 aromatic rings. The van der Waals surface area contributed by atoms with Gasteiger partial charge in [0.05, 0.1) is 0 Å². The normalized spacial score (nSPS) is 17.5. The zero-order valence-corrected chi connectivity index (χ0v) is 14.0. The van der Waals surface area contributed by atoms with Crippen molar-refractivity contribution in [1.29, 1.82) is 0 Å². The average Bonchev–Trinajstić information content (AvgIpc) is 2.52. The van der Waals surface area contributed by atoms with Crippen molar-refractivity contribution in [2.75, 3.05) is 19.6 Å². The van der Waals surface area contributed by atoms with Crippen LogP contribution in [0.15, 0.2) is 28.7 Å². The van der Waals surface area contributed by atoms with Crippen LogP contribution in [0.2, 0.25) is 0 Å². The third-order valence-electron chi connectivity index (χ3n) is 3.50. The first kappa shape index (κ1) is 17.3. The Labute approximate surface area is 142 Å². The first-order chi connectivity index (χ1) is 11.0. The third-order valence-corrected chi connectivity index (χ3v) is 4.03. The van der Waals surface area contributed by atoms with Crippen LogP contribution in [0.1, 0.15) is 24.4 Å². The summed E-state index contributed by atoms with van der Waals surface area (Å²) in [5.41, 5.74) is 0.728. The Morgan fingerprint density at radius 1 is 1.35 bits per heavy atom. The number of nitrogens with one attached hydrogen (secondary N) is 2. The number of carbonyl (C=O) groups excluding carboxylic acids is 2. The number of carbonyl (C=O) groups is 3. The third kappa shape index (κ3) is 4.69. The molecule has 1 fully saturated rings. The molecule has 8 heteroatoms. The van der Waals surface area contributed by atoms with Crippen molar-refractivity contribution >= 4 is 33.8 Å². The zero-order chi connectivity index (χ0) is 16.8. The van der Waals surface area contributed by atoms with Crippen molar-refractivity contribution in [1.82, 2.24) is 15.5 Å². The minimum Gasteiger partial charge on any atom is -0.481 e. The van der Waals surface area contributed by atoms with Gasteiger partial charge in [-0.05, 0) is 24.1 Å². The van der Waals surface area contributed by atoms with E-state index in [1.165, 1.54) is 4.90 Å². The molecule has 1 atom stereocenters. The lowest BCUT2D eigenvalue weighted by atomic mass is 10.0. The van der Waals surface area contributed by atoms with E-state index >= 15 is 0 Å². The lowest BCUT2D eigenvalue weighted by Gasteiger charge is -2.35. The number of aliphatic carboxylic acids is 1. The van der Waals surface area contributed by atoms with Crippen LogP contribution in [0.5, 0.6) is 0 Å². The number of urea groups is 1. The van der Waals surface area contributed by atoms with Gasteiger partial charge in [0.1, 0.15) is 6.04 Å². The highest BCUT2D eigenvalue weighted by Crippen LogP contribution is 2.24. The summed E-state index contributed by atoms with van der Waals surface area (Å²) < 4.78 is 0.891. The van der Waals surface area contributed by atoms with Crippen LogP contribution < -0.4 is 10.6 Å². The van der Waals surface area contributed by atoms with Crippen LogP contribution in [0.25, 0.3) is 0 Å². The quantitative estimate of drug-likeness (QED) is 0.670. The number of halogens is 1. The van der Waals surface area contributed by atoms with E-state index in [1.54, 1.807) is 12.1 Å². The summed E-state index contributed by atoms with van der Waals surface area (Å²) >= 11 is 3.34. The number of benzene rings is 1. The molecule has 1 aliphatic rings. The Balaban J connectivity index is 2.04. The van der Waals surface area contributed by atoms with Gasteiger partial charge in [0.15, 0.2) is 0 Å². The predicted molar refractivity (Wildman–Crippen MR) is 86.9 cm³/mol. The van der Waals surface area contributed by atoms with Crippen LogP contribution in [0.3, 0.4) is 0 Å². The molecular weight excluding hydrogens is 366 g/mol. The second-order valence-electron chi connectivity index (χ2n) is 5.17. The van der Waals surface area contributed by atoms with Crippen molar-refractivity contribution in [2.45, 2.75) is 18.9 Å². The van der Waals surface area contributed by atoms with E-state index in [1.807, 2.05) is 12.1 Å². The van der Waals surface area contributed by atoms with Gasteiger partial charge < -0.3 is 20.6 Å². The highest BCUT2D eigenvalue weighted by atomic mass is 79.9. The van der Waals surface area contributed by atoms with E-state index in [-0.39, 0.29) is 24.9 Å². The monoisotopic (exact) mass is 383 g/mol. The van der Waals surface area contributed by atoms with Crippen LogP contribution in [-0.2, 0) is 9.59 Å². The molecule has 0 aromatic heterocycles. The number of nitrogens with zero attached hydrogens (tertiary/aromatic N) is 1. The minimum absolute atomic E-state index is 0.00307. The lowest BCUT2D eigenvalue weighted by molar-refractivity contribution is -0.137. The number of rotatable bonds is 5. The maximum atomic E-state index is 12.3. The smallest absolute Gasteiger partial charge is 0.318 e. The summed E-state index contributed by atoms with van der Waals surface area (Å²) in [6, 6.07) is 6.18. The first-order valence-corrected chi connectivity index (χ1v) is 8.08. The summed E-state index contributed by atoms with van der Waals surface area (Å²) in [5, 5.41) is 14.0. The summed E-state index contributed by atoms with van der Waals surface area (Å²) in [5.74, 6) is -1.12. The molecule has 1 heterocycles. The van der Waals surface area contributed by atoms with Crippen molar-refractivity contribution in [2.24, 2.45) is 0 Å². The van der Waals surface area contributed by atoms with Gasteiger partial charge in [0, 0.05) is 30.5 Å². The van der Waals surface area contributed by atoms with Gasteiger partial charge in [-0.3, -0.25) is 9.59 Å². The fraction of sp³-hybridized carbons (Fsp3) is 0.400. The van der Waals surface area contributed by atoms with Crippen molar-refractivity contribution < 1.29 is 19.5 Å². The highest BCUT2D eigenvalue weighted by Gasteiger charge is 2.34. The number of hydrogen-bond donors (Lipinski definition) is 3. The van der Waals surface area contributed by atoms with E-state index in [0.29, 0.717) is 19.5 Å². The van der Waals surface area contributed by atoms with Gasteiger partial charge in [0.2, 0.25) is 5.91 Å². The fourth-order valence-corrected chi connectivity index (χ4v) is 2.66. The molecular formula is C15H18BrN3O4. The molecule has 0 bridgehead atoms. The second kappa shape index (κ2) is 7.96. The molecule has 1 unspecified atom stereocenters. The molecule has 0 radical (unpaired) electrons. The Hall–Kier alpha value is -2.09. The Kier molecular flexibility index (Phi) is 5.97. The van der Waals surface area contributed by atoms with Crippen LogP contribution in [0, 0.1) is 0 Å². The molecule has 1 saturated heterocycles. The Bertz CT molecular complexity index is 591. The number of amides is 3. The molecule has 0 saturated carbocycles. The second-order valence-corrected chi connectivity index (χ2v) is 6.08. The topological polar surface area (TPSA) is 98.7 Å². The predicted octanol–water partition coefficient (Wildman–Crippen LogP) is 1.50. The van der Waals surface area contributed by atoms with Crippen molar-refractivity contribution in [3.05, 3.63) is 34.3 Å². The van der Waals surface area contributed by atoms with Crippen molar-refractivity contribution in [3.63, 3.8) is 0 Å². The van der Waals surface area contributed by atoms with Crippen molar-refractivity contribution in [3.8, 4) is 0 Å². The largest absolute Gasteiger partial charge is 0.481 e. The number of carboxylic acid groups (broad SMARTS) is 1. The van der Waals surface area contributed by atoms with E-state index in [4.69, 9.17) is 5.11 Å². The summed E-state index contributed by atoms with van der Waals surface area (Å²) in [7, 11) is 0. The summed E-state index contributed by atoms with van der Waals surface area (Å²) in [6.45, 7) is 1.06. The van der Waals surface area contributed by atoms with E-state index in [9.17, 15) is 14.4 Å². The zero-order valence-electron chi connectivity index (χ0n) is 12.4. The van der Waals surface area contributed by atoms with Gasteiger partial charge in [-0.25, -0.2) is 4.79 Å².